The van der Waals surface area contributed by atoms with E-state index in [-0.39, 0.29) is 17.4 Å². The molecule has 0 radical (unpaired) electrons. The predicted octanol–water partition coefficient (Wildman–Crippen LogP) is 4.76. The van der Waals surface area contributed by atoms with Crippen LogP contribution in [-0.4, -0.2) is 23.0 Å². The van der Waals surface area contributed by atoms with E-state index in [0.717, 1.165) is 11.1 Å². The maximum Gasteiger partial charge on any atom is 0.339 e. The molecule has 3 atom stereocenters. The van der Waals surface area contributed by atoms with Gasteiger partial charge >= 0.3 is 5.97 Å². The molecule has 0 spiro atoms. The molecule has 3 rings (SSSR count). The van der Waals surface area contributed by atoms with Gasteiger partial charge in [-0.3, -0.25) is 4.79 Å². The summed E-state index contributed by atoms with van der Waals surface area (Å²) in [4.78, 5) is 25.8. The Labute approximate surface area is 165 Å². The molecule has 1 N–H and O–H groups in total. The van der Waals surface area contributed by atoms with Gasteiger partial charge in [-0.05, 0) is 30.4 Å². The summed E-state index contributed by atoms with van der Waals surface area (Å²) in [7, 11) is 0. The first-order chi connectivity index (χ1) is 13.6. The fourth-order valence-corrected chi connectivity index (χ4v) is 3.89. The van der Waals surface area contributed by atoms with Crippen molar-refractivity contribution in [3.8, 4) is 0 Å². The Balaban J connectivity index is 1.90. The van der Waals surface area contributed by atoms with Crippen molar-refractivity contribution in [3.63, 3.8) is 0 Å². The van der Waals surface area contributed by atoms with Crippen LogP contribution in [0, 0.1) is 5.92 Å². The third-order valence-electron chi connectivity index (χ3n) is 5.45. The molecule has 1 aliphatic rings. The molecule has 0 aromatic heterocycles. The molecule has 4 heteroatoms. The Hall–Kier alpha value is -2.88. The lowest BCUT2D eigenvalue weighted by Crippen LogP contribution is -2.42. The van der Waals surface area contributed by atoms with Crippen molar-refractivity contribution < 1.29 is 19.4 Å². The number of hydrogen-bond acceptors (Lipinski definition) is 4. The van der Waals surface area contributed by atoms with Crippen LogP contribution < -0.4 is 0 Å². The third kappa shape index (κ3) is 4.01. The molecular weight excluding hydrogens is 352 g/mol. The fourth-order valence-electron chi connectivity index (χ4n) is 3.89. The second-order valence-electron chi connectivity index (χ2n) is 7.18. The van der Waals surface area contributed by atoms with Crippen molar-refractivity contribution in [2.24, 2.45) is 5.92 Å². The van der Waals surface area contributed by atoms with Gasteiger partial charge in [0.25, 0.3) is 0 Å². The molecule has 28 heavy (non-hydrogen) atoms. The Bertz CT molecular complexity index is 855. The number of ether oxygens (including phenoxy) is 1. The number of hydrogen-bond donors (Lipinski definition) is 1. The second-order valence-corrected chi connectivity index (χ2v) is 7.18. The van der Waals surface area contributed by atoms with E-state index in [1.54, 1.807) is 0 Å². The van der Waals surface area contributed by atoms with E-state index in [9.17, 15) is 14.7 Å². The van der Waals surface area contributed by atoms with Gasteiger partial charge in [0.05, 0.1) is 5.57 Å². The minimum Gasteiger partial charge on any atom is -0.504 e. The zero-order valence-corrected chi connectivity index (χ0v) is 16.3. The molecule has 1 aliphatic heterocycles. The highest BCUT2D eigenvalue weighted by atomic mass is 16.6. The Morgan fingerprint density at radius 3 is 2.11 bits per heavy atom. The average molecular weight is 378 g/mol. The normalized spacial score (nSPS) is 19.3. The summed E-state index contributed by atoms with van der Waals surface area (Å²) in [6.45, 7) is 3.88. The van der Waals surface area contributed by atoms with E-state index in [1.807, 2.05) is 74.5 Å². The van der Waals surface area contributed by atoms with E-state index >= 15 is 0 Å². The minimum absolute atomic E-state index is 0.0736. The number of carbonyl (C=O) groups excluding carboxylic acids is 2. The highest BCUT2D eigenvalue weighted by Gasteiger charge is 2.42. The summed E-state index contributed by atoms with van der Waals surface area (Å²) in [5.41, 5.74) is 2.03. The largest absolute Gasteiger partial charge is 0.504 e. The Kier molecular flexibility index (Phi) is 6.30. The molecule has 2 aromatic rings. The zero-order valence-electron chi connectivity index (χ0n) is 16.3. The lowest BCUT2D eigenvalue weighted by molar-refractivity contribution is -0.158. The van der Waals surface area contributed by atoms with E-state index in [2.05, 4.69) is 0 Å². The monoisotopic (exact) mass is 378 g/mol. The summed E-state index contributed by atoms with van der Waals surface area (Å²) >= 11 is 0. The second kappa shape index (κ2) is 8.87. The Morgan fingerprint density at radius 1 is 0.929 bits per heavy atom. The van der Waals surface area contributed by atoms with Crippen LogP contribution in [0.5, 0.6) is 0 Å². The van der Waals surface area contributed by atoms with Crippen LogP contribution in [-0.2, 0) is 20.7 Å². The lowest BCUT2D eigenvalue weighted by Gasteiger charge is -2.31. The summed E-state index contributed by atoms with van der Waals surface area (Å²) in [5, 5.41) is 10.7. The Morgan fingerprint density at radius 2 is 1.54 bits per heavy atom. The molecule has 0 saturated carbocycles. The van der Waals surface area contributed by atoms with E-state index in [4.69, 9.17) is 4.74 Å². The van der Waals surface area contributed by atoms with Crippen molar-refractivity contribution in [1.29, 1.82) is 0 Å². The van der Waals surface area contributed by atoms with Crippen LogP contribution in [0.2, 0.25) is 0 Å². The lowest BCUT2D eigenvalue weighted by atomic mass is 9.82. The van der Waals surface area contributed by atoms with Gasteiger partial charge in [0.2, 0.25) is 5.78 Å². The zero-order chi connectivity index (χ0) is 20.1. The number of ketones is 1. The minimum atomic E-state index is -0.949. The van der Waals surface area contributed by atoms with Gasteiger partial charge in [0, 0.05) is 11.8 Å². The van der Waals surface area contributed by atoms with E-state index in [0.29, 0.717) is 19.3 Å². The first kappa shape index (κ1) is 19.9. The molecule has 0 bridgehead atoms. The van der Waals surface area contributed by atoms with Crippen LogP contribution in [0.25, 0.3) is 0 Å². The molecule has 0 saturated heterocycles. The maximum atomic E-state index is 12.9. The summed E-state index contributed by atoms with van der Waals surface area (Å²) < 4.78 is 5.60. The fraction of sp³-hybridized carbons (Fsp3) is 0.333. The van der Waals surface area contributed by atoms with Gasteiger partial charge in [-0.1, -0.05) is 74.5 Å². The smallest absolute Gasteiger partial charge is 0.339 e. The van der Waals surface area contributed by atoms with Gasteiger partial charge in [0.15, 0.2) is 11.9 Å². The predicted molar refractivity (Wildman–Crippen MR) is 108 cm³/mol. The number of aliphatic hydroxyl groups excluding tert-OH is 1. The van der Waals surface area contributed by atoms with Crippen molar-refractivity contribution in [2.45, 2.75) is 45.1 Å². The maximum absolute atomic E-state index is 12.9. The summed E-state index contributed by atoms with van der Waals surface area (Å²) in [5.74, 6) is -2.08. The molecule has 2 unspecified atom stereocenters. The van der Waals surface area contributed by atoms with Crippen LogP contribution in [0.1, 0.15) is 43.7 Å². The summed E-state index contributed by atoms with van der Waals surface area (Å²) in [6.07, 6.45) is 0.906. The van der Waals surface area contributed by atoms with Gasteiger partial charge in [-0.15, -0.1) is 0 Å². The number of cyclic esters (lactones) is 1. The quantitative estimate of drug-likeness (QED) is 0.706. The number of esters is 1. The van der Waals surface area contributed by atoms with Gasteiger partial charge in [0.1, 0.15) is 0 Å². The van der Waals surface area contributed by atoms with Crippen molar-refractivity contribution in [2.75, 3.05) is 0 Å². The molecule has 0 amide bonds. The van der Waals surface area contributed by atoms with Crippen LogP contribution in [0.15, 0.2) is 72.0 Å². The summed E-state index contributed by atoms with van der Waals surface area (Å²) in [6, 6.07) is 19.2. The van der Waals surface area contributed by atoms with Crippen LogP contribution in [0.3, 0.4) is 0 Å². The first-order valence-corrected chi connectivity index (χ1v) is 9.83. The number of carbonyl (C=O) groups is 2. The number of benzene rings is 2. The molecule has 146 valence electrons. The molecule has 1 heterocycles. The first-order valence-electron chi connectivity index (χ1n) is 9.83. The highest BCUT2D eigenvalue weighted by molar-refractivity contribution is 6.09. The van der Waals surface area contributed by atoms with Crippen molar-refractivity contribution in [1.82, 2.24) is 0 Å². The van der Waals surface area contributed by atoms with Crippen molar-refractivity contribution in [3.05, 3.63) is 83.1 Å². The van der Waals surface area contributed by atoms with Crippen molar-refractivity contribution >= 4 is 11.8 Å². The van der Waals surface area contributed by atoms with E-state index < -0.39 is 23.6 Å². The molecule has 2 aromatic carbocycles. The van der Waals surface area contributed by atoms with E-state index in [1.165, 1.54) is 0 Å². The van der Waals surface area contributed by atoms with Crippen LogP contribution in [0.4, 0.5) is 0 Å². The standard InChI is InChI=1S/C24H26O4/c1-3-17(15-16-11-7-5-8-12-16)23-22(26)21(25)20(24(27)28-23)19(4-2)18-13-9-6-10-14-18/h5-14,17,19,23,25H,3-4,15H2,1-2H3/t17?,19?,23-/m1/s1. The number of Topliss-reactive ketones (excluding diaryl/α,β-unsaturated/α-hetero) is 1. The highest BCUT2D eigenvalue weighted by Crippen LogP contribution is 2.35. The topological polar surface area (TPSA) is 63.6 Å². The number of aliphatic hydroxyl groups is 1. The average Bonchev–Trinajstić information content (AvgIpc) is 2.73. The molecular formula is C24H26O4. The molecule has 0 fully saturated rings. The van der Waals surface area contributed by atoms with Crippen LogP contribution >= 0.6 is 0 Å². The molecule has 0 aliphatic carbocycles. The van der Waals surface area contributed by atoms with Gasteiger partial charge in [-0.25, -0.2) is 4.79 Å². The van der Waals surface area contributed by atoms with Gasteiger partial charge < -0.3 is 9.84 Å². The SMILES string of the molecule is CCC(C1=C(O)C(=O)[C@@H](C(CC)Cc2ccccc2)OC1=O)c1ccccc1. The number of rotatable bonds is 7. The van der Waals surface area contributed by atoms with Gasteiger partial charge in [-0.2, -0.15) is 0 Å². The third-order valence-corrected chi connectivity index (χ3v) is 5.45. The molecule has 4 nitrogen and oxygen atoms in total.